The third kappa shape index (κ3) is 9.00. The van der Waals surface area contributed by atoms with Gasteiger partial charge in [-0.3, -0.25) is 14.4 Å². The van der Waals surface area contributed by atoms with E-state index in [-0.39, 0.29) is 22.2 Å². The fourth-order valence-corrected chi connectivity index (χ4v) is 6.33. The number of hydrogen-bond donors (Lipinski definition) is 3. The highest BCUT2D eigenvalue weighted by molar-refractivity contribution is 8.00. The van der Waals surface area contributed by atoms with Gasteiger partial charge < -0.3 is 16.0 Å². The van der Waals surface area contributed by atoms with Gasteiger partial charge in [-0.05, 0) is 67.6 Å². The molecule has 4 aromatic carbocycles. The predicted molar refractivity (Wildman–Crippen MR) is 190 cm³/mol. The van der Waals surface area contributed by atoms with Crippen LogP contribution in [-0.4, -0.2) is 28.0 Å². The highest BCUT2D eigenvalue weighted by atomic mass is 35.5. The normalized spacial score (nSPS) is 11.9. The summed E-state index contributed by atoms with van der Waals surface area (Å²) in [7, 11) is 0. The molecule has 1 atom stereocenters. The van der Waals surface area contributed by atoms with E-state index in [1.807, 2.05) is 5.38 Å². The molecule has 13 heteroatoms. The minimum Gasteiger partial charge on any atom is -0.321 e. The molecule has 1 aromatic heterocycles. The van der Waals surface area contributed by atoms with E-state index in [0.717, 1.165) is 5.56 Å². The summed E-state index contributed by atoms with van der Waals surface area (Å²) in [5, 5.41) is 10.8. The van der Waals surface area contributed by atoms with E-state index in [9.17, 15) is 18.8 Å². The first kappa shape index (κ1) is 34.2. The van der Waals surface area contributed by atoms with Crippen LogP contribution in [0.5, 0.6) is 0 Å². The maximum absolute atomic E-state index is 14.6. The monoisotopic (exact) mass is 724 g/mol. The maximum atomic E-state index is 14.6. The molecule has 0 aliphatic rings. The van der Waals surface area contributed by atoms with Gasteiger partial charge in [-0.2, -0.15) is 0 Å². The lowest BCUT2D eigenvalue weighted by Crippen LogP contribution is -2.30. The van der Waals surface area contributed by atoms with Crippen molar-refractivity contribution in [1.82, 2.24) is 10.3 Å². The standard InChI is InChI=1S/C34H24Cl3FN4O3S2/c1-19(31(43)42-34-41-30(18-46-34)21-13-14-26(36)27(37)15-21)47-23-10-5-9-22(16-23)39-33(45)29(17-24-25(35)11-6-12-28(24)38)40-32(44)20-7-3-2-4-8-20/h2-19H,1H3,(H,39,45)(H,40,44)(H,41,42,43)/b29-17+. The second-order valence-corrected chi connectivity index (χ2v) is 13.4. The molecule has 7 nitrogen and oxygen atoms in total. The third-order valence-corrected chi connectivity index (χ3v) is 9.46. The van der Waals surface area contributed by atoms with Crippen molar-refractivity contribution in [2.75, 3.05) is 10.6 Å². The molecule has 47 heavy (non-hydrogen) atoms. The summed E-state index contributed by atoms with van der Waals surface area (Å²) in [6.45, 7) is 1.75. The van der Waals surface area contributed by atoms with Crippen molar-refractivity contribution in [2.45, 2.75) is 17.1 Å². The van der Waals surface area contributed by atoms with Gasteiger partial charge in [0, 0.05) is 32.7 Å². The van der Waals surface area contributed by atoms with E-state index in [1.54, 1.807) is 79.7 Å². The van der Waals surface area contributed by atoms with Crippen molar-refractivity contribution >= 4 is 92.5 Å². The number of anilines is 2. The third-order valence-electron chi connectivity index (χ3n) is 6.54. The van der Waals surface area contributed by atoms with Crippen LogP contribution in [0.15, 0.2) is 107 Å². The molecule has 0 saturated carbocycles. The predicted octanol–water partition coefficient (Wildman–Crippen LogP) is 9.44. The van der Waals surface area contributed by atoms with Crippen LogP contribution in [0.3, 0.4) is 0 Å². The van der Waals surface area contributed by atoms with Crippen molar-refractivity contribution < 1.29 is 18.8 Å². The van der Waals surface area contributed by atoms with Gasteiger partial charge in [0.2, 0.25) is 5.91 Å². The Morgan fingerprint density at radius 3 is 2.38 bits per heavy atom. The molecule has 3 amide bonds. The fraction of sp³-hybridized carbons (Fsp3) is 0.0588. The topological polar surface area (TPSA) is 100 Å². The second kappa shape index (κ2) is 15.6. The Balaban J connectivity index is 1.27. The Kier molecular flexibility index (Phi) is 11.3. The largest absolute Gasteiger partial charge is 0.321 e. The van der Waals surface area contributed by atoms with Gasteiger partial charge in [-0.25, -0.2) is 9.37 Å². The first-order valence-electron chi connectivity index (χ1n) is 13.9. The number of benzene rings is 4. The van der Waals surface area contributed by atoms with Gasteiger partial charge in [0.25, 0.3) is 11.8 Å². The molecule has 0 aliphatic heterocycles. The van der Waals surface area contributed by atoms with Crippen LogP contribution in [-0.2, 0) is 9.59 Å². The van der Waals surface area contributed by atoms with Gasteiger partial charge in [-0.15, -0.1) is 23.1 Å². The summed E-state index contributed by atoms with van der Waals surface area (Å²) in [6.07, 6.45) is 1.18. The number of carbonyl (C=O) groups is 3. The summed E-state index contributed by atoms with van der Waals surface area (Å²) in [5.41, 5.74) is 1.84. The van der Waals surface area contributed by atoms with E-state index in [4.69, 9.17) is 34.8 Å². The molecule has 5 aromatic rings. The minimum atomic E-state index is -0.705. The number of nitrogens with zero attached hydrogens (tertiary/aromatic N) is 1. The van der Waals surface area contributed by atoms with Gasteiger partial charge in [-0.1, -0.05) is 71.2 Å². The highest BCUT2D eigenvalue weighted by Crippen LogP contribution is 2.32. The molecule has 0 bridgehead atoms. The Morgan fingerprint density at radius 1 is 0.872 bits per heavy atom. The molecule has 1 heterocycles. The number of thiazole rings is 1. The SMILES string of the molecule is CC(Sc1cccc(NC(=O)/C(=C\c2c(F)cccc2Cl)NC(=O)c2ccccc2)c1)C(=O)Nc1nc(-c2ccc(Cl)c(Cl)c2)cs1. The Labute approximate surface area is 293 Å². The Bertz CT molecular complexity index is 1970. The summed E-state index contributed by atoms with van der Waals surface area (Å²) in [5.74, 6) is -2.20. The number of nitrogens with one attached hydrogen (secondary N) is 3. The van der Waals surface area contributed by atoms with Gasteiger partial charge in [0.1, 0.15) is 11.5 Å². The average Bonchev–Trinajstić information content (AvgIpc) is 3.52. The zero-order chi connectivity index (χ0) is 33.5. The molecule has 0 radical (unpaired) electrons. The molecule has 0 spiro atoms. The molecule has 5 rings (SSSR count). The number of carbonyl (C=O) groups excluding carboxylic acids is 3. The fourth-order valence-electron chi connectivity index (χ4n) is 4.16. The summed E-state index contributed by atoms with van der Waals surface area (Å²) < 4.78 is 14.6. The lowest BCUT2D eigenvalue weighted by atomic mass is 10.1. The number of halogens is 4. The van der Waals surface area contributed by atoms with Gasteiger partial charge >= 0.3 is 0 Å². The second-order valence-electron chi connectivity index (χ2n) is 9.91. The molecule has 238 valence electrons. The van der Waals surface area contributed by atoms with Crippen LogP contribution in [0.25, 0.3) is 17.3 Å². The molecule has 0 aliphatic carbocycles. The quantitative estimate of drug-likeness (QED) is 0.0984. The van der Waals surface area contributed by atoms with Crippen molar-refractivity contribution in [2.24, 2.45) is 0 Å². The smallest absolute Gasteiger partial charge is 0.272 e. The molecular weight excluding hydrogens is 702 g/mol. The number of thioether (sulfide) groups is 1. The van der Waals surface area contributed by atoms with E-state index >= 15 is 0 Å². The van der Waals surface area contributed by atoms with Crippen LogP contribution in [0.4, 0.5) is 15.2 Å². The van der Waals surface area contributed by atoms with Crippen LogP contribution < -0.4 is 16.0 Å². The van der Waals surface area contributed by atoms with Crippen LogP contribution in [0, 0.1) is 5.82 Å². The van der Waals surface area contributed by atoms with Crippen LogP contribution in [0.1, 0.15) is 22.8 Å². The molecule has 3 N–H and O–H groups in total. The van der Waals surface area contributed by atoms with Gasteiger partial charge in [0.05, 0.1) is 26.0 Å². The number of aromatic nitrogens is 1. The number of amides is 3. The van der Waals surface area contributed by atoms with E-state index in [1.165, 1.54) is 47.4 Å². The maximum Gasteiger partial charge on any atom is 0.272 e. The Hall–Kier alpha value is -4.19. The van der Waals surface area contributed by atoms with Gasteiger partial charge in [0.15, 0.2) is 5.13 Å². The van der Waals surface area contributed by atoms with E-state index in [2.05, 4.69) is 20.9 Å². The minimum absolute atomic E-state index is 0.0545. The number of rotatable bonds is 10. The summed E-state index contributed by atoms with van der Waals surface area (Å²) >= 11 is 20.9. The van der Waals surface area contributed by atoms with Crippen molar-refractivity contribution in [3.05, 3.63) is 134 Å². The van der Waals surface area contributed by atoms with Crippen LogP contribution in [0.2, 0.25) is 15.1 Å². The van der Waals surface area contributed by atoms with Crippen molar-refractivity contribution in [3.8, 4) is 11.3 Å². The summed E-state index contributed by atoms with van der Waals surface area (Å²) in [6, 6.07) is 24.4. The average molecular weight is 726 g/mol. The van der Waals surface area contributed by atoms with Crippen LogP contribution >= 0.6 is 57.9 Å². The molecule has 0 fully saturated rings. The lowest BCUT2D eigenvalue weighted by molar-refractivity contribution is -0.115. The first-order chi connectivity index (χ1) is 22.6. The highest BCUT2D eigenvalue weighted by Gasteiger charge is 2.19. The first-order valence-corrected chi connectivity index (χ1v) is 16.8. The van der Waals surface area contributed by atoms with Crippen molar-refractivity contribution in [1.29, 1.82) is 0 Å². The van der Waals surface area contributed by atoms with Crippen molar-refractivity contribution in [3.63, 3.8) is 0 Å². The lowest BCUT2D eigenvalue weighted by Gasteiger charge is -2.14. The summed E-state index contributed by atoms with van der Waals surface area (Å²) in [4.78, 5) is 44.5. The molecular formula is C34H24Cl3FN4O3S2. The molecule has 0 saturated heterocycles. The molecule has 1 unspecified atom stereocenters. The zero-order valence-corrected chi connectivity index (χ0v) is 28.3. The van der Waals surface area contributed by atoms with E-state index in [0.29, 0.717) is 37.0 Å². The Morgan fingerprint density at radius 2 is 1.64 bits per heavy atom. The van der Waals surface area contributed by atoms with E-state index < -0.39 is 22.9 Å². The zero-order valence-electron chi connectivity index (χ0n) is 24.4. The number of hydrogen-bond acceptors (Lipinski definition) is 6.